The number of hydrogen-bond donors (Lipinski definition) is 1. The molecule has 90 valence electrons. The molecule has 0 aliphatic heterocycles. The molecule has 0 aliphatic carbocycles. The van der Waals surface area contributed by atoms with E-state index in [2.05, 4.69) is 0 Å². The van der Waals surface area contributed by atoms with Crippen molar-refractivity contribution in [2.45, 2.75) is 39.7 Å². The van der Waals surface area contributed by atoms with Crippen LogP contribution in [-0.4, -0.2) is 12.6 Å². The molecular weight excluding hydrogens is 222 g/mol. The Morgan fingerprint density at radius 1 is 1.38 bits per heavy atom. The summed E-state index contributed by atoms with van der Waals surface area (Å²) in [4.78, 5) is 0. The van der Waals surface area contributed by atoms with Crippen molar-refractivity contribution in [2.75, 3.05) is 7.11 Å². The normalized spacial score (nSPS) is 11.7. The molecule has 0 saturated carbocycles. The number of halogens is 1. The maximum Gasteiger partial charge on any atom is 0.126 e. The summed E-state index contributed by atoms with van der Waals surface area (Å²) in [5.74, 6) is 0.864. The molecule has 1 aromatic rings. The van der Waals surface area contributed by atoms with E-state index in [0.29, 0.717) is 0 Å². The predicted molar refractivity (Wildman–Crippen MR) is 69.4 cm³/mol. The number of hydrogen-bond acceptors (Lipinski definition) is 2. The first kappa shape index (κ1) is 13.3. The molecule has 1 rings (SSSR count). The van der Waals surface area contributed by atoms with Gasteiger partial charge in [0.1, 0.15) is 5.75 Å². The summed E-state index contributed by atoms with van der Waals surface area (Å²) in [6, 6.07) is 1.97. The van der Waals surface area contributed by atoms with Gasteiger partial charge in [-0.15, -0.1) is 0 Å². The molecule has 0 bridgehead atoms. The van der Waals surface area contributed by atoms with Crippen LogP contribution in [0.15, 0.2) is 6.07 Å². The highest BCUT2D eigenvalue weighted by atomic mass is 35.5. The molecule has 2 N–H and O–H groups in total. The van der Waals surface area contributed by atoms with Crippen molar-refractivity contribution in [2.24, 2.45) is 5.73 Å². The van der Waals surface area contributed by atoms with Crippen LogP contribution in [0, 0.1) is 13.8 Å². The van der Waals surface area contributed by atoms with Gasteiger partial charge in [-0.3, -0.25) is 0 Å². The van der Waals surface area contributed by atoms with Crippen molar-refractivity contribution in [1.82, 2.24) is 0 Å². The van der Waals surface area contributed by atoms with Crippen molar-refractivity contribution in [3.05, 3.63) is 27.8 Å². The minimum absolute atomic E-state index is 0.252. The zero-order valence-corrected chi connectivity index (χ0v) is 11.4. The molecule has 0 aromatic heterocycles. The lowest BCUT2D eigenvalue weighted by Crippen LogP contribution is -2.34. The quantitative estimate of drug-likeness (QED) is 0.882. The summed E-state index contributed by atoms with van der Waals surface area (Å²) in [5, 5.41) is 0.743. The SMILES string of the molecule is COc1c(C)c(Cl)cc(C)c1CC(C)(C)N. The Kier molecular flexibility index (Phi) is 3.87. The van der Waals surface area contributed by atoms with Crippen LogP contribution in [0.25, 0.3) is 0 Å². The zero-order chi connectivity index (χ0) is 12.5. The van der Waals surface area contributed by atoms with Crippen molar-refractivity contribution >= 4 is 11.6 Å². The molecule has 16 heavy (non-hydrogen) atoms. The molecular formula is C13H20ClNO. The van der Waals surface area contributed by atoms with Gasteiger partial charge in [-0.2, -0.15) is 0 Å². The van der Waals surface area contributed by atoms with Gasteiger partial charge in [0.25, 0.3) is 0 Å². The van der Waals surface area contributed by atoms with E-state index < -0.39 is 0 Å². The van der Waals surface area contributed by atoms with E-state index in [1.165, 1.54) is 0 Å². The third-order valence-corrected chi connectivity index (χ3v) is 3.02. The smallest absolute Gasteiger partial charge is 0.126 e. The third kappa shape index (κ3) is 2.89. The number of nitrogens with two attached hydrogens (primary N) is 1. The van der Waals surface area contributed by atoms with Gasteiger partial charge in [-0.1, -0.05) is 11.6 Å². The molecule has 0 saturated heterocycles. The minimum atomic E-state index is -0.252. The first-order valence-corrected chi connectivity index (χ1v) is 5.75. The Hall–Kier alpha value is -0.730. The zero-order valence-electron chi connectivity index (χ0n) is 10.6. The average molecular weight is 242 g/mol. The Morgan fingerprint density at radius 2 is 1.94 bits per heavy atom. The maximum atomic E-state index is 6.13. The Labute approximate surface area is 103 Å². The minimum Gasteiger partial charge on any atom is -0.496 e. The van der Waals surface area contributed by atoms with Crippen LogP contribution in [0.5, 0.6) is 5.75 Å². The fraction of sp³-hybridized carbons (Fsp3) is 0.538. The Balaban J connectivity index is 3.32. The van der Waals surface area contributed by atoms with Crippen LogP contribution in [0.3, 0.4) is 0 Å². The van der Waals surface area contributed by atoms with E-state index in [0.717, 1.165) is 33.9 Å². The fourth-order valence-corrected chi connectivity index (χ4v) is 2.10. The van der Waals surface area contributed by atoms with Crippen molar-refractivity contribution in [3.63, 3.8) is 0 Å². The van der Waals surface area contributed by atoms with Gasteiger partial charge in [0.05, 0.1) is 7.11 Å². The molecule has 3 heteroatoms. The van der Waals surface area contributed by atoms with Gasteiger partial charge >= 0.3 is 0 Å². The van der Waals surface area contributed by atoms with Crippen molar-refractivity contribution in [1.29, 1.82) is 0 Å². The molecule has 1 aromatic carbocycles. The topological polar surface area (TPSA) is 35.2 Å². The number of ether oxygens (including phenoxy) is 1. The van der Waals surface area contributed by atoms with Crippen LogP contribution in [0.4, 0.5) is 0 Å². The fourth-order valence-electron chi connectivity index (χ4n) is 1.85. The molecule has 0 unspecified atom stereocenters. The van der Waals surface area contributed by atoms with E-state index in [1.807, 2.05) is 33.8 Å². The third-order valence-electron chi connectivity index (χ3n) is 2.63. The second-order valence-electron chi connectivity index (χ2n) is 4.98. The van der Waals surface area contributed by atoms with E-state index in [4.69, 9.17) is 22.1 Å². The van der Waals surface area contributed by atoms with Crippen LogP contribution >= 0.6 is 11.6 Å². The maximum absolute atomic E-state index is 6.13. The number of methoxy groups -OCH3 is 1. The van der Waals surface area contributed by atoms with Gasteiger partial charge in [-0.25, -0.2) is 0 Å². The molecule has 0 spiro atoms. The van der Waals surface area contributed by atoms with E-state index >= 15 is 0 Å². The summed E-state index contributed by atoms with van der Waals surface area (Å²) in [5.41, 5.74) is 9.07. The van der Waals surface area contributed by atoms with Crippen LogP contribution in [-0.2, 0) is 6.42 Å². The molecule has 0 aliphatic rings. The van der Waals surface area contributed by atoms with E-state index in [-0.39, 0.29) is 5.54 Å². The molecule has 2 nitrogen and oxygen atoms in total. The summed E-state index contributed by atoms with van der Waals surface area (Å²) in [7, 11) is 1.67. The molecule has 0 fully saturated rings. The number of benzene rings is 1. The molecule has 0 heterocycles. The van der Waals surface area contributed by atoms with E-state index in [9.17, 15) is 0 Å². The second kappa shape index (κ2) is 4.64. The summed E-state index contributed by atoms with van der Waals surface area (Å²) < 4.78 is 5.44. The van der Waals surface area contributed by atoms with Crippen LogP contribution < -0.4 is 10.5 Å². The van der Waals surface area contributed by atoms with Crippen LogP contribution in [0.1, 0.15) is 30.5 Å². The lowest BCUT2D eigenvalue weighted by atomic mass is 9.91. The monoisotopic (exact) mass is 241 g/mol. The van der Waals surface area contributed by atoms with Gasteiger partial charge in [0.15, 0.2) is 0 Å². The summed E-state index contributed by atoms with van der Waals surface area (Å²) in [6.07, 6.45) is 0.778. The van der Waals surface area contributed by atoms with Gasteiger partial charge in [-0.05, 0) is 51.3 Å². The number of aryl methyl sites for hydroxylation is 1. The van der Waals surface area contributed by atoms with Crippen molar-refractivity contribution in [3.8, 4) is 5.75 Å². The summed E-state index contributed by atoms with van der Waals surface area (Å²) >= 11 is 6.13. The highest BCUT2D eigenvalue weighted by Crippen LogP contribution is 2.34. The van der Waals surface area contributed by atoms with E-state index in [1.54, 1.807) is 7.11 Å². The first-order valence-electron chi connectivity index (χ1n) is 5.37. The molecule has 0 atom stereocenters. The number of rotatable bonds is 3. The van der Waals surface area contributed by atoms with Gasteiger partial charge < -0.3 is 10.5 Å². The summed E-state index contributed by atoms with van der Waals surface area (Å²) in [6.45, 7) is 8.02. The highest BCUT2D eigenvalue weighted by molar-refractivity contribution is 6.31. The molecule has 0 radical (unpaired) electrons. The highest BCUT2D eigenvalue weighted by Gasteiger charge is 2.19. The average Bonchev–Trinajstić information content (AvgIpc) is 2.13. The second-order valence-corrected chi connectivity index (χ2v) is 5.38. The Morgan fingerprint density at radius 3 is 2.38 bits per heavy atom. The van der Waals surface area contributed by atoms with Gasteiger partial charge in [0, 0.05) is 16.1 Å². The van der Waals surface area contributed by atoms with Gasteiger partial charge in [0.2, 0.25) is 0 Å². The lowest BCUT2D eigenvalue weighted by Gasteiger charge is -2.23. The Bertz CT molecular complexity index is 394. The van der Waals surface area contributed by atoms with Crippen molar-refractivity contribution < 1.29 is 4.74 Å². The molecule has 0 amide bonds. The van der Waals surface area contributed by atoms with Crippen LogP contribution in [0.2, 0.25) is 5.02 Å². The predicted octanol–water partition coefficient (Wildman–Crippen LogP) is 3.25. The standard InChI is InChI=1S/C13H20ClNO/c1-8-6-11(14)9(2)12(16-5)10(8)7-13(3,4)15/h6H,7,15H2,1-5H3. The first-order chi connectivity index (χ1) is 7.26. The lowest BCUT2D eigenvalue weighted by molar-refractivity contribution is 0.398. The largest absolute Gasteiger partial charge is 0.496 e.